The van der Waals surface area contributed by atoms with Gasteiger partial charge in [0.1, 0.15) is 12.1 Å². The first-order chi connectivity index (χ1) is 11.7. The van der Waals surface area contributed by atoms with Gasteiger partial charge in [-0.3, -0.25) is 4.79 Å². The van der Waals surface area contributed by atoms with Crippen molar-refractivity contribution in [2.45, 2.75) is 19.8 Å². The summed E-state index contributed by atoms with van der Waals surface area (Å²) in [5.41, 5.74) is 2.23. The van der Waals surface area contributed by atoms with Gasteiger partial charge < -0.3 is 14.5 Å². The van der Waals surface area contributed by atoms with Crippen LogP contribution in [0.4, 0.5) is 5.82 Å². The number of piperidine rings is 1. The molecule has 0 bridgehead atoms. The first kappa shape index (κ1) is 15.8. The molecule has 128 valence electrons. The van der Waals surface area contributed by atoms with E-state index in [1.807, 2.05) is 4.90 Å². The van der Waals surface area contributed by atoms with Gasteiger partial charge in [0.05, 0.1) is 29.3 Å². The Labute approximate surface area is 145 Å². The molecule has 0 aromatic carbocycles. The highest BCUT2D eigenvalue weighted by Gasteiger charge is 2.31. The lowest BCUT2D eigenvalue weighted by Gasteiger charge is -2.36. The van der Waals surface area contributed by atoms with E-state index in [-0.39, 0.29) is 11.8 Å². The van der Waals surface area contributed by atoms with Crippen LogP contribution in [0.2, 0.25) is 0 Å². The molecule has 2 saturated heterocycles. The van der Waals surface area contributed by atoms with Crippen molar-refractivity contribution in [1.29, 1.82) is 0 Å². The summed E-state index contributed by atoms with van der Waals surface area (Å²) in [4.78, 5) is 26.0. The number of anilines is 1. The molecule has 4 rings (SSSR count). The van der Waals surface area contributed by atoms with Crippen LogP contribution in [0, 0.1) is 12.8 Å². The largest absolute Gasteiger partial charge is 0.378 e. The van der Waals surface area contributed by atoms with E-state index in [1.165, 1.54) is 5.56 Å². The summed E-state index contributed by atoms with van der Waals surface area (Å²) in [6.45, 7) is 6.53. The molecule has 2 aromatic heterocycles. The normalized spacial score (nSPS) is 22.1. The van der Waals surface area contributed by atoms with Gasteiger partial charge in [0.15, 0.2) is 0 Å². The molecule has 0 N–H and O–H groups in total. The number of ether oxygens (including phenoxy) is 1. The van der Waals surface area contributed by atoms with Crippen LogP contribution in [0.15, 0.2) is 11.7 Å². The van der Waals surface area contributed by atoms with Gasteiger partial charge in [-0.05, 0) is 30.7 Å². The van der Waals surface area contributed by atoms with Gasteiger partial charge in [-0.1, -0.05) is 0 Å². The van der Waals surface area contributed by atoms with Crippen LogP contribution in [-0.2, 0) is 9.53 Å². The minimum atomic E-state index is 0.0583. The zero-order valence-corrected chi connectivity index (χ0v) is 14.7. The molecule has 1 unspecified atom stereocenters. The molecule has 2 aliphatic heterocycles. The number of carbonyl (C=O) groups is 1. The highest BCUT2D eigenvalue weighted by atomic mass is 32.1. The van der Waals surface area contributed by atoms with E-state index in [4.69, 9.17) is 4.74 Å². The van der Waals surface area contributed by atoms with E-state index in [0.717, 1.165) is 55.1 Å². The third-order valence-electron chi connectivity index (χ3n) is 4.91. The Hall–Kier alpha value is -1.73. The SMILES string of the molecule is Cc1csc2c(N3CCCC(C(=O)N4CCOCC4)C3)ncnc12. The monoisotopic (exact) mass is 346 g/mol. The molecule has 0 spiro atoms. The predicted octanol–water partition coefficient (Wildman–Crippen LogP) is 2.07. The molecular formula is C17H22N4O2S. The fourth-order valence-electron chi connectivity index (χ4n) is 3.60. The van der Waals surface area contributed by atoms with Crippen molar-refractivity contribution in [3.8, 4) is 0 Å². The summed E-state index contributed by atoms with van der Waals surface area (Å²) >= 11 is 1.69. The van der Waals surface area contributed by atoms with Crippen LogP contribution < -0.4 is 4.90 Å². The standard InChI is InChI=1S/C17H22N4O2S/c1-12-10-24-15-14(12)18-11-19-16(15)21-4-2-3-13(9-21)17(22)20-5-7-23-8-6-20/h10-11,13H,2-9H2,1H3. The highest BCUT2D eigenvalue weighted by molar-refractivity contribution is 7.18. The molecule has 2 aromatic rings. The lowest BCUT2D eigenvalue weighted by atomic mass is 9.96. The number of fused-ring (bicyclic) bond motifs is 1. The number of carbonyl (C=O) groups excluding carboxylic acids is 1. The van der Waals surface area contributed by atoms with Gasteiger partial charge in [0.25, 0.3) is 0 Å². The van der Waals surface area contributed by atoms with E-state index in [2.05, 4.69) is 27.2 Å². The summed E-state index contributed by atoms with van der Waals surface area (Å²) < 4.78 is 6.49. The number of nitrogens with zero attached hydrogens (tertiary/aromatic N) is 4. The Kier molecular flexibility index (Phi) is 4.37. The number of hydrogen-bond donors (Lipinski definition) is 0. The summed E-state index contributed by atoms with van der Waals surface area (Å²) in [5.74, 6) is 1.32. The van der Waals surface area contributed by atoms with Crippen molar-refractivity contribution >= 4 is 33.3 Å². The summed E-state index contributed by atoms with van der Waals surface area (Å²) in [7, 11) is 0. The molecular weight excluding hydrogens is 324 g/mol. The average Bonchev–Trinajstić information content (AvgIpc) is 3.03. The van der Waals surface area contributed by atoms with Gasteiger partial charge in [-0.2, -0.15) is 0 Å². The van der Waals surface area contributed by atoms with Gasteiger partial charge in [-0.25, -0.2) is 9.97 Å². The van der Waals surface area contributed by atoms with Gasteiger partial charge >= 0.3 is 0 Å². The van der Waals surface area contributed by atoms with Crippen molar-refractivity contribution in [2.24, 2.45) is 5.92 Å². The Bertz CT molecular complexity index is 741. The molecule has 7 heteroatoms. The number of morpholine rings is 1. The molecule has 2 aliphatic rings. The second kappa shape index (κ2) is 6.64. The number of aryl methyl sites for hydroxylation is 1. The molecule has 4 heterocycles. The van der Waals surface area contributed by atoms with E-state index in [0.29, 0.717) is 13.2 Å². The zero-order valence-electron chi connectivity index (χ0n) is 13.9. The zero-order chi connectivity index (χ0) is 16.5. The first-order valence-electron chi connectivity index (χ1n) is 8.54. The Balaban J connectivity index is 1.54. The average molecular weight is 346 g/mol. The lowest BCUT2D eigenvalue weighted by Crippen LogP contribution is -2.48. The molecule has 2 fully saturated rings. The maximum atomic E-state index is 12.8. The van der Waals surface area contributed by atoms with Crippen LogP contribution in [0.3, 0.4) is 0 Å². The van der Waals surface area contributed by atoms with Crippen LogP contribution in [-0.4, -0.2) is 60.2 Å². The molecule has 6 nitrogen and oxygen atoms in total. The van der Waals surface area contributed by atoms with Crippen LogP contribution in [0.25, 0.3) is 10.2 Å². The Morgan fingerprint density at radius 2 is 2.12 bits per heavy atom. The minimum absolute atomic E-state index is 0.0583. The van der Waals surface area contributed by atoms with E-state index < -0.39 is 0 Å². The summed E-state index contributed by atoms with van der Waals surface area (Å²) in [6.07, 6.45) is 3.63. The molecule has 1 atom stereocenters. The topological polar surface area (TPSA) is 58.6 Å². The van der Waals surface area contributed by atoms with Crippen molar-refractivity contribution < 1.29 is 9.53 Å². The van der Waals surface area contributed by atoms with Crippen LogP contribution in [0.1, 0.15) is 18.4 Å². The van der Waals surface area contributed by atoms with Crippen molar-refractivity contribution in [1.82, 2.24) is 14.9 Å². The summed E-state index contributed by atoms with van der Waals surface area (Å²) in [6, 6.07) is 0. The van der Waals surface area contributed by atoms with Crippen LogP contribution in [0.5, 0.6) is 0 Å². The number of amides is 1. The molecule has 1 amide bonds. The fourth-order valence-corrected chi connectivity index (χ4v) is 4.61. The van der Waals surface area contributed by atoms with E-state index in [9.17, 15) is 4.79 Å². The number of rotatable bonds is 2. The summed E-state index contributed by atoms with van der Waals surface area (Å²) in [5, 5.41) is 2.13. The fraction of sp³-hybridized carbons (Fsp3) is 0.588. The number of hydrogen-bond acceptors (Lipinski definition) is 6. The van der Waals surface area contributed by atoms with Gasteiger partial charge in [-0.15, -0.1) is 11.3 Å². The minimum Gasteiger partial charge on any atom is -0.378 e. The van der Waals surface area contributed by atoms with Gasteiger partial charge in [0.2, 0.25) is 5.91 Å². The maximum Gasteiger partial charge on any atom is 0.227 e. The smallest absolute Gasteiger partial charge is 0.227 e. The van der Waals surface area contributed by atoms with Crippen LogP contribution >= 0.6 is 11.3 Å². The van der Waals surface area contributed by atoms with Crippen molar-refractivity contribution in [2.75, 3.05) is 44.3 Å². The first-order valence-corrected chi connectivity index (χ1v) is 9.42. The second-order valence-corrected chi connectivity index (χ2v) is 7.40. The van der Waals surface area contributed by atoms with E-state index in [1.54, 1.807) is 17.7 Å². The molecule has 0 aliphatic carbocycles. The predicted molar refractivity (Wildman–Crippen MR) is 94.5 cm³/mol. The molecule has 0 radical (unpaired) electrons. The number of aromatic nitrogens is 2. The van der Waals surface area contributed by atoms with Crippen molar-refractivity contribution in [3.05, 3.63) is 17.3 Å². The van der Waals surface area contributed by atoms with E-state index >= 15 is 0 Å². The lowest BCUT2D eigenvalue weighted by molar-refractivity contribution is -0.139. The quantitative estimate of drug-likeness (QED) is 0.833. The second-order valence-electron chi connectivity index (χ2n) is 6.52. The Morgan fingerprint density at radius 3 is 2.96 bits per heavy atom. The molecule has 0 saturated carbocycles. The third kappa shape index (κ3) is 2.86. The Morgan fingerprint density at radius 1 is 1.29 bits per heavy atom. The van der Waals surface area contributed by atoms with Gasteiger partial charge in [0, 0.05) is 26.2 Å². The molecule has 24 heavy (non-hydrogen) atoms. The number of thiophene rings is 1. The third-order valence-corrected chi connectivity index (χ3v) is 5.99. The van der Waals surface area contributed by atoms with Crippen molar-refractivity contribution in [3.63, 3.8) is 0 Å². The highest BCUT2D eigenvalue weighted by Crippen LogP contribution is 2.33. The maximum absolute atomic E-state index is 12.8.